The molecule has 2 aliphatic rings. The molecular formula is C23H37N3O4. The van der Waals surface area contributed by atoms with Gasteiger partial charge in [-0.25, -0.2) is 0 Å². The SMILES string of the molecule is COc1cc(N(CCCCN2CCN3CCCCC3C2)C(C)=O)cc(OC)c1OC. The molecular weight excluding hydrogens is 382 g/mol. The van der Waals surface area contributed by atoms with E-state index in [4.69, 9.17) is 14.2 Å². The fourth-order valence-electron chi connectivity index (χ4n) is 4.72. The van der Waals surface area contributed by atoms with Gasteiger partial charge >= 0.3 is 0 Å². The van der Waals surface area contributed by atoms with E-state index in [0.717, 1.165) is 31.1 Å². The maximum absolute atomic E-state index is 12.3. The Kier molecular flexibility index (Phi) is 8.22. The summed E-state index contributed by atoms with van der Waals surface area (Å²) in [6, 6.07) is 4.43. The Bertz CT molecular complexity index is 687. The molecule has 7 heteroatoms. The maximum Gasteiger partial charge on any atom is 0.223 e. The number of benzene rings is 1. The second kappa shape index (κ2) is 10.9. The Balaban J connectivity index is 1.55. The average molecular weight is 420 g/mol. The first-order valence-electron chi connectivity index (χ1n) is 11.1. The van der Waals surface area contributed by atoms with E-state index in [9.17, 15) is 4.79 Å². The van der Waals surface area contributed by atoms with Gasteiger partial charge in [-0.05, 0) is 38.8 Å². The highest BCUT2D eigenvalue weighted by Crippen LogP contribution is 2.41. The fourth-order valence-corrected chi connectivity index (χ4v) is 4.72. The van der Waals surface area contributed by atoms with Crippen molar-refractivity contribution >= 4 is 11.6 Å². The molecule has 0 saturated carbocycles. The van der Waals surface area contributed by atoms with Crippen LogP contribution in [0.4, 0.5) is 5.69 Å². The number of ether oxygens (including phenoxy) is 3. The molecule has 1 amide bonds. The van der Waals surface area contributed by atoms with E-state index in [1.54, 1.807) is 33.2 Å². The summed E-state index contributed by atoms with van der Waals surface area (Å²) in [4.78, 5) is 19.4. The van der Waals surface area contributed by atoms with Crippen LogP contribution in [0.1, 0.15) is 39.0 Å². The zero-order valence-corrected chi connectivity index (χ0v) is 19.0. The van der Waals surface area contributed by atoms with Gasteiger partial charge in [0.15, 0.2) is 11.5 Å². The second-order valence-electron chi connectivity index (χ2n) is 8.25. The van der Waals surface area contributed by atoms with Crippen LogP contribution >= 0.6 is 0 Å². The number of piperazine rings is 1. The number of hydrogen-bond acceptors (Lipinski definition) is 6. The van der Waals surface area contributed by atoms with Crippen LogP contribution in [0.2, 0.25) is 0 Å². The lowest BCUT2D eigenvalue weighted by atomic mass is 9.99. The lowest BCUT2D eigenvalue weighted by Gasteiger charge is -2.44. The molecule has 2 aliphatic heterocycles. The number of anilines is 1. The third kappa shape index (κ3) is 5.38. The molecule has 0 aromatic heterocycles. The van der Waals surface area contributed by atoms with E-state index in [1.165, 1.54) is 45.4 Å². The minimum Gasteiger partial charge on any atom is -0.493 e. The molecule has 2 fully saturated rings. The number of hydrogen-bond donors (Lipinski definition) is 0. The van der Waals surface area contributed by atoms with Crippen molar-refractivity contribution in [3.05, 3.63) is 12.1 Å². The molecule has 168 valence electrons. The molecule has 0 aliphatic carbocycles. The Morgan fingerprint density at radius 1 is 1.03 bits per heavy atom. The molecule has 0 bridgehead atoms. The number of carbonyl (C=O) groups is 1. The number of piperidine rings is 1. The number of nitrogens with zero attached hydrogens (tertiary/aromatic N) is 3. The van der Waals surface area contributed by atoms with Gasteiger partial charge in [-0.2, -0.15) is 0 Å². The Morgan fingerprint density at radius 3 is 2.40 bits per heavy atom. The van der Waals surface area contributed by atoms with E-state index in [2.05, 4.69) is 9.80 Å². The number of rotatable bonds is 9. The summed E-state index contributed by atoms with van der Waals surface area (Å²) in [5.74, 6) is 1.67. The van der Waals surface area contributed by atoms with Gasteiger partial charge in [0.2, 0.25) is 11.7 Å². The molecule has 1 unspecified atom stereocenters. The first-order valence-corrected chi connectivity index (χ1v) is 11.1. The first-order chi connectivity index (χ1) is 14.6. The Hall–Kier alpha value is -1.99. The standard InChI is InChI=1S/C23H37N3O4/c1-18(27)26(20-15-21(28-2)23(30-4)22(16-20)29-3)12-8-7-10-24-13-14-25-11-6-5-9-19(25)17-24/h15-16,19H,5-14,17H2,1-4H3. The molecule has 0 radical (unpaired) electrons. The van der Waals surface area contributed by atoms with Crippen molar-refractivity contribution in [2.24, 2.45) is 0 Å². The summed E-state index contributed by atoms with van der Waals surface area (Å²) in [5.41, 5.74) is 0.771. The molecule has 7 nitrogen and oxygen atoms in total. The van der Waals surface area contributed by atoms with Crippen molar-refractivity contribution in [2.75, 3.05) is 65.5 Å². The topological polar surface area (TPSA) is 54.5 Å². The van der Waals surface area contributed by atoms with E-state index in [-0.39, 0.29) is 5.91 Å². The average Bonchev–Trinajstić information content (AvgIpc) is 2.77. The molecule has 1 atom stereocenters. The summed E-state index contributed by atoms with van der Waals surface area (Å²) >= 11 is 0. The summed E-state index contributed by atoms with van der Waals surface area (Å²) in [5, 5.41) is 0. The zero-order chi connectivity index (χ0) is 21.5. The van der Waals surface area contributed by atoms with Crippen LogP contribution < -0.4 is 19.1 Å². The van der Waals surface area contributed by atoms with Gasteiger partial charge in [0.25, 0.3) is 0 Å². The third-order valence-electron chi connectivity index (χ3n) is 6.37. The van der Waals surface area contributed by atoms with Gasteiger partial charge in [-0.15, -0.1) is 0 Å². The molecule has 2 saturated heterocycles. The maximum atomic E-state index is 12.3. The monoisotopic (exact) mass is 419 g/mol. The first kappa shape index (κ1) is 22.7. The largest absolute Gasteiger partial charge is 0.493 e. The number of carbonyl (C=O) groups excluding carboxylic acids is 1. The smallest absolute Gasteiger partial charge is 0.223 e. The van der Waals surface area contributed by atoms with Crippen molar-refractivity contribution in [3.63, 3.8) is 0 Å². The van der Waals surface area contributed by atoms with Crippen LogP contribution in [0.25, 0.3) is 0 Å². The van der Waals surface area contributed by atoms with E-state index >= 15 is 0 Å². The van der Waals surface area contributed by atoms with Crippen LogP contribution in [0.15, 0.2) is 12.1 Å². The van der Waals surface area contributed by atoms with Crippen LogP contribution in [0.3, 0.4) is 0 Å². The van der Waals surface area contributed by atoms with Crippen molar-refractivity contribution in [3.8, 4) is 17.2 Å². The minimum absolute atomic E-state index is 0.0140. The number of fused-ring (bicyclic) bond motifs is 1. The molecule has 0 spiro atoms. The van der Waals surface area contributed by atoms with Gasteiger partial charge in [0, 0.05) is 51.3 Å². The zero-order valence-electron chi connectivity index (χ0n) is 19.0. The summed E-state index contributed by atoms with van der Waals surface area (Å²) in [7, 11) is 4.76. The fraction of sp³-hybridized carbons (Fsp3) is 0.696. The van der Waals surface area contributed by atoms with Gasteiger partial charge in [-0.3, -0.25) is 9.69 Å². The molecule has 2 heterocycles. The highest BCUT2D eigenvalue weighted by molar-refractivity contribution is 5.92. The van der Waals surface area contributed by atoms with Gasteiger partial charge in [0.1, 0.15) is 0 Å². The van der Waals surface area contributed by atoms with Crippen LogP contribution in [-0.2, 0) is 4.79 Å². The lowest BCUT2D eigenvalue weighted by molar-refractivity contribution is -0.116. The Morgan fingerprint density at radius 2 is 1.77 bits per heavy atom. The van der Waals surface area contributed by atoms with Crippen LogP contribution in [0, 0.1) is 0 Å². The van der Waals surface area contributed by atoms with Crippen molar-refractivity contribution in [1.82, 2.24) is 9.80 Å². The minimum atomic E-state index is 0.0140. The number of amides is 1. The predicted molar refractivity (Wildman–Crippen MR) is 119 cm³/mol. The summed E-state index contributed by atoms with van der Waals surface area (Å²) < 4.78 is 16.3. The Labute approximate surface area is 180 Å². The van der Waals surface area contributed by atoms with Crippen molar-refractivity contribution < 1.29 is 19.0 Å². The molecule has 1 aromatic carbocycles. The molecule has 3 rings (SSSR count). The predicted octanol–water partition coefficient (Wildman–Crippen LogP) is 3.02. The van der Waals surface area contributed by atoms with E-state index in [1.807, 2.05) is 12.1 Å². The summed E-state index contributed by atoms with van der Waals surface area (Å²) in [6.07, 6.45) is 6.12. The lowest BCUT2D eigenvalue weighted by Crippen LogP contribution is -2.54. The molecule has 1 aromatic rings. The third-order valence-corrected chi connectivity index (χ3v) is 6.37. The van der Waals surface area contributed by atoms with Crippen LogP contribution in [0.5, 0.6) is 17.2 Å². The highest BCUT2D eigenvalue weighted by Gasteiger charge is 2.28. The number of methoxy groups -OCH3 is 3. The van der Waals surface area contributed by atoms with E-state index in [0.29, 0.717) is 23.8 Å². The normalized spacial score (nSPS) is 19.8. The van der Waals surface area contributed by atoms with Gasteiger partial charge in [0.05, 0.1) is 27.0 Å². The van der Waals surface area contributed by atoms with Gasteiger partial charge in [-0.1, -0.05) is 6.42 Å². The van der Waals surface area contributed by atoms with E-state index < -0.39 is 0 Å². The number of unbranched alkanes of at least 4 members (excludes halogenated alkanes) is 1. The quantitative estimate of drug-likeness (QED) is 0.574. The van der Waals surface area contributed by atoms with Crippen LogP contribution in [-0.4, -0.2) is 82.3 Å². The summed E-state index contributed by atoms with van der Waals surface area (Å²) in [6.45, 7) is 8.23. The van der Waals surface area contributed by atoms with Crippen molar-refractivity contribution in [1.29, 1.82) is 0 Å². The van der Waals surface area contributed by atoms with Crippen molar-refractivity contribution in [2.45, 2.75) is 45.1 Å². The molecule has 0 N–H and O–H groups in total. The second-order valence-corrected chi connectivity index (χ2v) is 8.25. The molecule has 30 heavy (non-hydrogen) atoms. The highest BCUT2D eigenvalue weighted by atomic mass is 16.5. The van der Waals surface area contributed by atoms with Gasteiger partial charge < -0.3 is 24.0 Å².